The molecule has 1 fully saturated rings. The van der Waals surface area contributed by atoms with Gasteiger partial charge in [-0.25, -0.2) is 0 Å². The lowest BCUT2D eigenvalue weighted by molar-refractivity contribution is -0.167. The normalized spacial score (nSPS) is 25.8. The maximum atomic E-state index is 11.6. The number of carboxylic acid groups (broad SMARTS) is 1. The molecule has 1 saturated carbocycles. The van der Waals surface area contributed by atoms with Crippen LogP contribution in [0.3, 0.4) is 0 Å². The summed E-state index contributed by atoms with van der Waals surface area (Å²) >= 11 is 0. The molecule has 0 amide bonds. The van der Waals surface area contributed by atoms with Crippen LogP contribution in [0.15, 0.2) is 0 Å². The Morgan fingerprint density at radius 1 is 1.11 bits per heavy atom. The lowest BCUT2D eigenvalue weighted by atomic mass is 9.56. The summed E-state index contributed by atoms with van der Waals surface area (Å²) in [5.74, 6) is -1.48. The van der Waals surface area contributed by atoms with Crippen molar-refractivity contribution in [2.75, 3.05) is 0 Å². The first kappa shape index (κ1) is 16.5. The first-order valence-corrected chi connectivity index (χ1v) is 7.47. The number of rotatable bonds is 5. The third-order valence-electron chi connectivity index (χ3n) is 4.32. The fourth-order valence-electron chi connectivity index (χ4n) is 4.42. The van der Waals surface area contributed by atoms with Crippen LogP contribution in [0.25, 0.3) is 0 Å². The minimum Gasteiger partial charge on any atom is -0.481 e. The van der Waals surface area contributed by atoms with Gasteiger partial charge in [0.2, 0.25) is 0 Å². The summed E-state index contributed by atoms with van der Waals surface area (Å²) in [7, 11) is 0. The lowest BCUT2D eigenvalue weighted by Gasteiger charge is -2.51. The predicted octanol–water partition coefficient (Wildman–Crippen LogP) is 3.84. The first-order valence-electron chi connectivity index (χ1n) is 7.47. The zero-order chi connectivity index (χ0) is 14.9. The largest absolute Gasteiger partial charge is 0.481 e. The van der Waals surface area contributed by atoms with E-state index in [4.69, 9.17) is 0 Å². The van der Waals surface area contributed by atoms with Crippen molar-refractivity contribution in [3.05, 3.63) is 0 Å². The van der Waals surface area contributed by atoms with Crippen molar-refractivity contribution in [2.45, 2.75) is 78.7 Å². The Morgan fingerprint density at radius 3 is 1.95 bits per heavy atom. The molecule has 0 spiro atoms. The van der Waals surface area contributed by atoms with Crippen molar-refractivity contribution in [2.24, 2.45) is 16.7 Å². The molecule has 0 aliphatic heterocycles. The van der Waals surface area contributed by atoms with E-state index in [0.29, 0.717) is 19.3 Å². The van der Waals surface area contributed by atoms with Gasteiger partial charge in [-0.05, 0) is 36.5 Å². The summed E-state index contributed by atoms with van der Waals surface area (Å²) in [6.45, 7) is 10.6. The highest BCUT2D eigenvalue weighted by Gasteiger charge is 2.52. The molecule has 1 rings (SSSR count). The molecule has 1 atom stereocenters. The Hall–Kier alpha value is -0.570. The molecule has 0 aromatic rings. The van der Waals surface area contributed by atoms with Gasteiger partial charge >= 0.3 is 5.97 Å². The van der Waals surface area contributed by atoms with Crippen LogP contribution in [0.4, 0.5) is 0 Å². The van der Waals surface area contributed by atoms with E-state index in [-0.39, 0.29) is 10.8 Å². The van der Waals surface area contributed by atoms with Crippen molar-refractivity contribution < 1.29 is 15.0 Å². The van der Waals surface area contributed by atoms with Gasteiger partial charge in [0.1, 0.15) is 0 Å². The SMILES string of the molecule is CCCCC(C(=O)O)C1(O)CC(C)(C)CC(C)(C)C1. The van der Waals surface area contributed by atoms with E-state index in [1.54, 1.807) is 0 Å². The lowest BCUT2D eigenvalue weighted by Crippen LogP contribution is -2.52. The Labute approximate surface area is 117 Å². The van der Waals surface area contributed by atoms with Crippen molar-refractivity contribution in [3.63, 3.8) is 0 Å². The Morgan fingerprint density at radius 2 is 1.58 bits per heavy atom. The Balaban J connectivity index is 3.00. The second-order valence-corrected chi connectivity index (χ2v) is 8.00. The third kappa shape index (κ3) is 4.20. The van der Waals surface area contributed by atoms with Gasteiger partial charge in [-0.15, -0.1) is 0 Å². The molecular weight excluding hydrogens is 240 g/mol. The molecule has 0 bridgehead atoms. The average Bonchev–Trinajstić information content (AvgIpc) is 2.10. The number of carboxylic acids is 1. The Kier molecular flexibility index (Phi) is 4.71. The van der Waals surface area contributed by atoms with Gasteiger partial charge < -0.3 is 10.2 Å². The molecule has 2 N–H and O–H groups in total. The minimum absolute atomic E-state index is 0.00356. The molecule has 19 heavy (non-hydrogen) atoms. The summed E-state index contributed by atoms with van der Waals surface area (Å²) in [6, 6.07) is 0. The molecule has 0 aromatic carbocycles. The van der Waals surface area contributed by atoms with Gasteiger partial charge in [-0.1, -0.05) is 47.5 Å². The molecule has 112 valence electrons. The molecule has 3 heteroatoms. The van der Waals surface area contributed by atoms with E-state index in [9.17, 15) is 15.0 Å². The molecule has 1 aliphatic carbocycles. The average molecular weight is 270 g/mol. The molecule has 0 saturated heterocycles. The summed E-state index contributed by atoms with van der Waals surface area (Å²) in [5.41, 5.74) is -1.07. The summed E-state index contributed by atoms with van der Waals surface area (Å²) in [5, 5.41) is 20.5. The van der Waals surface area contributed by atoms with Crippen LogP contribution in [0, 0.1) is 16.7 Å². The second kappa shape index (κ2) is 5.43. The molecule has 0 heterocycles. The quantitative estimate of drug-likeness (QED) is 0.798. The Bertz CT molecular complexity index is 315. The monoisotopic (exact) mass is 270 g/mol. The smallest absolute Gasteiger partial charge is 0.309 e. The van der Waals surface area contributed by atoms with Gasteiger partial charge in [-0.3, -0.25) is 4.79 Å². The van der Waals surface area contributed by atoms with E-state index in [1.165, 1.54) is 0 Å². The fourth-order valence-corrected chi connectivity index (χ4v) is 4.42. The molecular formula is C16H30O3. The van der Waals surface area contributed by atoms with Crippen LogP contribution >= 0.6 is 0 Å². The van der Waals surface area contributed by atoms with E-state index >= 15 is 0 Å². The van der Waals surface area contributed by atoms with E-state index < -0.39 is 17.5 Å². The van der Waals surface area contributed by atoms with Gasteiger partial charge in [0.25, 0.3) is 0 Å². The van der Waals surface area contributed by atoms with E-state index in [1.807, 2.05) is 0 Å². The number of aliphatic carboxylic acids is 1. The van der Waals surface area contributed by atoms with Crippen molar-refractivity contribution in [3.8, 4) is 0 Å². The van der Waals surface area contributed by atoms with Crippen LogP contribution in [0.2, 0.25) is 0 Å². The fraction of sp³-hybridized carbons (Fsp3) is 0.938. The van der Waals surface area contributed by atoms with Crippen LogP contribution in [-0.4, -0.2) is 21.8 Å². The van der Waals surface area contributed by atoms with Crippen LogP contribution in [0.5, 0.6) is 0 Å². The number of aliphatic hydroxyl groups is 1. The van der Waals surface area contributed by atoms with Crippen molar-refractivity contribution in [1.82, 2.24) is 0 Å². The highest BCUT2D eigenvalue weighted by molar-refractivity contribution is 5.71. The van der Waals surface area contributed by atoms with Crippen LogP contribution in [0.1, 0.15) is 73.1 Å². The van der Waals surface area contributed by atoms with E-state index in [2.05, 4.69) is 34.6 Å². The van der Waals surface area contributed by atoms with Crippen LogP contribution in [-0.2, 0) is 4.79 Å². The minimum atomic E-state index is -1.06. The van der Waals surface area contributed by atoms with Gasteiger partial charge in [-0.2, -0.15) is 0 Å². The van der Waals surface area contributed by atoms with Crippen LogP contribution < -0.4 is 0 Å². The van der Waals surface area contributed by atoms with Gasteiger partial charge in [0.15, 0.2) is 0 Å². The number of hydrogen-bond acceptors (Lipinski definition) is 2. The zero-order valence-electron chi connectivity index (χ0n) is 13.1. The first-order chi connectivity index (χ1) is 8.51. The number of unbranched alkanes of at least 4 members (excludes halogenated alkanes) is 1. The molecule has 3 nitrogen and oxygen atoms in total. The standard InChI is InChI=1S/C16H30O3/c1-6-7-8-12(13(17)18)16(19)10-14(2,3)9-15(4,5)11-16/h12,19H,6-11H2,1-5H3,(H,17,18). The molecule has 1 unspecified atom stereocenters. The maximum Gasteiger partial charge on any atom is 0.309 e. The third-order valence-corrected chi connectivity index (χ3v) is 4.32. The van der Waals surface area contributed by atoms with Crippen molar-refractivity contribution >= 4 is 5.97 Å². The van der Waals surface area contributed by atoms with Crippen molar-refractivity contribution in [1.29, 1.82) is 0 Å². The van der Waals surface area contributed by atoms with E-state index in [0.717, 1.165) is 19.3 Å². The van der Waals surface area contributed by atoms with Gasteiger partial charge in [0, 0.05) is 0 Å². The predicted molar refractivity (Wildman–Crippen MR) is 77.0 cm³/mol. The zero-order valence-corrected chi connectivity index (χ0v) is 13.1. The summed E-state index contributed by atoms with van der Waals surface area (Å²) < 4.78 is 0. The van der Waals surface area contributed by atoms with Gasteiger partial charge in [0.05, 0.1) is 11.5 Å². The maximum absolute atomic E-state index is 11.6. The highest BCUT2D eigenvalue weighted by atomic mass is 16.4. The number of carbonyl (C=O) groups is 1. The highest BCUT2D eigenvalue weighted by Crippen LogP contribution is 2.53. The molecule has 0 radical (unpaired) electrons. The molecule has 1 aliphatic rings. The number of hydrogen-bond donors (Lipinski definition) is 2. The second-order valence-electron chi connectivity index (χ2n) is 8.00. The summed E-state index contributed by atoms with van der Waals surface area (Å²) in [4.78, 5) is 11.6. The summed E-state index contributed by atoms with van der Waals surface area (Å²) in [6.07, 6.45) is 4.61. The molecule has 0 aromatic heterocycles. The topological polar surface area (TPSA) is 57.5 Å².